The maximum absolute atomic E-state index is 11.2. The van der Waals surface area contributed by atoms with Crippen molar-refractivity contribution in [1.29, 1.82) is 5.26 Å². The third kappa shape index (κ3) is 2.36. The largest absolute Gasteiger partial charge is 0.480 e. The van der Waals surface area contributed by atoms with Gasteiger partial charge in [-0.25, -0.2) is 9.78 Å². The summed E-state index contributed by atoms with van der Waals surface area (Å²) in [6.07, 6.45) is 1.52. The molecule has 0 saturated carbocycles. The van der Waals surface area contributed by atoms with Crippen LogP contribution < -0.4 is 4.90 Å². The average molecular weight is 233 g/mol. The number of pyridine rings is 1. The summed E-state index contributed by atoms with van der Waals surface area (Å²) in [6.45, 7) is 5.54. The highest BCUT2D eigenvalue weighted by Crippen LogP contribution is 2.26. The molecule has 0 aromatic carbocycles. The van der Waals surface area contributed by atoms with Gasteiger partial charge in [-0.2, -0.15) is 5.26 Å². The number of hydrogen-bond acceptors (Lipinski definition) is 4. The molecule has 0 spiro atoms. The lowest BCUT2D eigenvalue weighted by Crippen LogP contribution is -2.50. The van der Waals surface area contributed by atoms with Crippen LogP contribution in [0.3, 0.4) is 0 Å². The van der Waals surface area contributed by atoms with Gasteiger partial charge in [0.15, 0.2) is 5.69 Å². The van der Waals surface area contributed by atoms with Crippen LogP contribution in [0.4, 0.5) is 5.69 Å². The molecule has 17 heavy (non-hydrogen) atoms. The molecule has 1 aromatic rings. The Morgan fingerprint density at radius 2 is 2.29 bits per heavy atom. The first-order valence-corrected chi connectivity index (χ1v) is 5.31. The third-order valence-corrected chi connectivity index (χ3v) is 2.70. The summed E-state index contributed by atoms with van der Waals surface area (Å²) >= 11 is 0. The zero-order valence-corrected chi connectivity index (χ0v) is 10.1. The fourth-order valence-electron chi connectivity index (χ4n) is 1.68. The first kappa shape index (κ1) is 13.0. The minimum Gasteiger partial charge on any atom is -0.480 e. The van der Waals surface area contributed by atoms with E-state index in [0.717, 1.165) is 0 Å². The van der Waals surface area contributed by atoms with Crippen LogP contribution in [0.25, 0.3) is 0 Å². The van der Waals surface area contributed by atoms with Gasteiger partial charge in [0.2, 0.25) is 0 Å². The SMILES string of the molecule is CCN(c1cccnc1C#N)C(C)(C)C(=O)O. The molecule has 0 amide bonds. The van der Waals surface area contributed by atoms with E-state index in [1.54, 1.807) is 30.9 Å². The number of aliphatic carboxylic acids is 1. The van der Waals surface area contributed by atoms with Crippen molar-refractivity contribution in [2.24, 2.45) is 0 Å². The summed E-state index contributed by atoms with van der Waals surface area (Å²) in [4.78, 5) is 16.8. The standard InChI is InChI=1S/C12H15N3O2/c1-4-15(12(2,3)11(16)17)10-6-5-7-14-9(10)8-13/h5-7H,4H2,1-3H3,(H,16,17). The number of likely N-dealkylation sites (N-methyl/N-ethyl adjacent to an activating group) is 1. The van der Waals surface area contributed by atoms with Gasteiger partial charge in [-0.05, 0) is 32.9 Å². The number of nitriles is 1. The molecule has 1 heterocycles. The molecule has 0 aliphatic rings. The summed E-state index contributed by atoms with van der Waals surface area (Å²) in [5, 5.41) is 18.2. The van der Waals surface area contributed by atoms with Crippen molar-refractivity contribution in [2.75, 3.05) is 11.4 Å². The second-order valence-electron chi connectivity index (χ2n) is 4.09. The first-order chi connectivity index (χ1) is 7.95. The van der Waals surface area contributed by atoms with E-state index in [1.807, 2.05) is 13.0 Å². The van der Waals surface area contributed by atoms with Crippen molar-refractivity contribution < 1.29 is 9.90 Å². The molecule has 0 saturated heterocycles. The Hall–Kier alpha value is -2.09. The zero-order chi connectivity index (χ0) is 13.1. The van der Waals surface area contributed by atoms with Crippen LogP contribution in [-0.4, -0.2) is 28.1 Å². The summed E-state index contributed by atoms with van der Waals surface area (Å²) in [5.41, 5.74) is -0.294. The van der Waals surface area contributed by atoms with Crippen LogP contribution in [-0.2, 0) is 4.79 Å². The molecular formula is C12H15N3O2. The maximum atomic E-state index is 11.2. The number of carboxylic acids is 1. The van der Waals surface area contributed by atoms with Crippen LogP contribution in [0.1, 0.15) is 26.5 Å². The van der Waals surface area contributed by atoms with Crippen molar-refractivity contribution in [3.05, 3.63) is 24.0 Å². The predicted molar refractivity (Wildman–Crippen MR) is 63.7 cm³/mol. The lowest BCUT2D eigenvalue weighted by Gasteiger charge is -2.36. The lowest BCUT2D eigenvalue weighted by molar-refractivity contribution is -0.142. The Balaban J connectivity index is 3.29. The molecule has 1 aromatic heterocycles. The highest BCUT2D eigenvalue weighted by Gasteiger charge is 2.35. The predicted octanol–water partition coefficient (Wildman–Crippen LogP) is 1.64. The number of carbonyl (C=O) groups is 1. The summed E-state index contributed by atoms with van der Waals surface area (Å²) < 4.78 is 0. The Morgan fingerprint density at radius 1 is 1.65 bits per heavy atom. The molecule has 0 bridgehead atoms. The number of anilines is 1. The van der Waals surface area contributed by atoms with E-state index in [4.69, 9.17) is 5.26 Å². The van der Waals surface area contributed by atoms with Gasteiger partial charge in [0.05, 0.1) is 5.69 Å². The molecular weight excluding hydrogens is 218 g/mol. The number of nitrogens with zero attached hydrogens (tertiary/aromatic N) is 3. The fourth-order valence-corrected chi connectivity index (χ4v) is 1.68. The fraction of sp³-hybridized carbons (Fsp3) is 0.417. The minimum atomic E-state index is -1.08. The van der Waals surface area contributed by atoms with Crippen LogP contribution in [0, 0.1) is 11.3 Å². The molecule has 0 aliphatic heterocycles. The van der Waals surface area contributed by atoms with Gasteiger partial charge in [0.25, 0.3) is 0 Å². The van der Waals surface area contributed by atoms with Gasteiger partial charge in [0, 0.05) is 12.7 Å². The maximum Gasteiger partial charge on any atom is 0.328 e. The van der Waals surface area contributed by atoms with E-state index in [-0.39, 0.29) is 5.69 Å². The quantitative estimate of drug-likeness (QED) is 0.855. The van der Waals surface area contributed by atoms with E-state index in [2.05, 4.69) is 4.98 Å². The summed E-state index contributed by atoms with van der Waals surface area (Å²) in [5.74, 6) is -0.938. The van der Waals surface area contributed by atoms with Gasteiger partial charge in [-0.1, -0.05) is 0 Å². The Kier molecular flexibility index (Phi) is 3.69. The molecule has 0 unspecified atom stereocenters. The number of hydrogen-bond donors (Lipinski definition) is 1. The average Bonchev–Trinajstić information content (AvgIpc) is 2.30. The molecule has 0 fully saturated rings. The van der Waals surface area contributed by atoms with Crippen LogP contribution >= 0.6 is 0 Å². The molecule has 0 radical (unpaired) electrons. The zero-order valence-electron chi connectivity index (χ0n) is 10.1. The second-order valence-corrected chi connectivity index (χ2v) is 4.09. The van der Waals surface area contributed by atoms with Gasteiger partial charge < -0.3 is 10.0 Å². The highest BCUT2D eigenvalue weighted by atomic mass is 16.4. The van der Waals surface area contributed by atoms with E-state index >= 15 is 0 Å². The third-order valence-electron chi connectivity index (χ3n) is 2.70. The van der Waals surface area contributed by atoms with Crippen molar-refractivity contribution >= 4 is 11.7 Å². The molecule has 1 N–H and O–H groups in total. The Morgan fingerprint density at radius 3 is 2.76 bits per heavy atom. The highest BCUT2D eigenvalue weighted by molar-refractivity contribution is 5.83. The van der Waals surface area contributed by atoms with E-state index < -0.39 is 11.5 Å². The number of aromatic nitrogens is 1. The van der Waals surface area contributed by atoms with Crippen LogP contribution in [0.15, 0.2) is 18.3 Å². The van der Waals surface area contributed by atoms with Gasteiger partial charge >= 0.3 is 5.97 Å². The Labute approximate surface area is 100 Å². The molecule has 5 nitrogen and oxygen atoms in total. The van der Waals surface area contributed by atoms with Gasteiger partial charge in [0.1, 0.15) is 11.6 Å². The molecule has 1 rings (SSSR count). The van der Waals surface area contributed by atoms with Crippen molar-refractivity contribution in [2.45, 2.75) is 26.3 Å². The van der Waals surface area contributed by atoms with Crippen molar-refractivity contribution in [3.63, 3.8) is 0 Å². The van der Waals surface area contributed by atoms with Crippen molar-refractivity contribution in [1.82, 2.24) is 4.98 Å². The van der Waals surface area contributed by atoms with E-state index in [0.29, 0.717) is 12.2 Å². The monoisotopic (exact) mass is 233 g/mol. The smallest absolute Gasteiger partial charge is 0.328 e. The minimum absolute atomic E-state index is 0.240. The lowest BCUT2D eigenvalue weighted by atomic mass is 10.0. The topological polar surface area (TPSA) is 77.2 Å². The van der Waals surface area contributed by atoms with Gasteiger partial charge in [-0.15, -0.1) is 0 Å². The van der Waals surface area contributed by atoms with Crippen LogP contribution in [0.2, 0.25) is 0 Å². The summed E-state index contributed by atoms with van der Waals surface area (Å²) in [7, 11) is 0. The second kappa shape index (κ2) is 4.83. The summed E-state index contributed by atoms with van der Waals surface area (Å²) in [6, 6.07) is 5.37. The van der Waals surface area contributed by atoms with Crippen molar-refractivity contribution in [3.8, 4) is 6.07 Å². The van der Waals surface area contributed by atoms with E-state index in [1.165, 1.54) is 6.20 Å². The van der Waals surface area contributed by atoms with Crippen LogP contribution in [0.5, 0.6) is 0 Å². The van der Waals surface area contributed by atoms with E-state index in [9.17, 15) is 9.90 Å². The number of carboxylic acid groups (broad SMARTS) is 1. The molecule has 0 atom stereocenters. The first-order valence-electron chi connectivity index (χ1n) is 5.31. The normalized spacial score (nSPS) is 10.7. The van der Waals surface area contributed by atoms with Gasteiger partial charge in [-0.3, -0.25) is 0 Å². The molecule has 0 aliphatic carbocycles. The Bertz CT molecular complexity index is 463. The molecule has 90 valence electrons. The molecule has 5 heteroatoms. The number of rotatable bonds is 4.